The highest BCUT2D eigenvalue weighted by atomic mass is 32.2. The molecule has 1 rings (SSSR count). The van der Waals surface area contributed by atoms with Gasteiger partial charge in [0, 0.05) is 17.5 Å². The minimum Gasteiger partial charge on any atom is -0.336 e. The largest absolute Gasteiger partial charge is 0.336 e. The molecule has 4 heteroatoms. The Hall–Kier alpha value is -1.16. The zero-order valence-electron chi connectivity index (χ0n) is 10.6. The van der Waals surface area contributed by atoms with Crippen molar-refractivity contribution in [2.24, 2.45) is 0 Å². The smallest absolute Gasteiger partial charge is 0.315 e. The van der Waals surface area contributed by atoms with Gasteiger partial charge in [-0.1, -0.05) is 19.1 Å². The van der Waals surface area contributed by atoms with Crippen molar-refractivity contribution in [2.75, 3.05) is 5.75 Å². The second-order valence-corrected chi connectivity index (χ2v) is 5.40. The fourth-order valence-corrected chi connectivity index (χ4v) is 2.03. The summed E-state index contributed by atoms with van der Waals surface area (Å²) in [5.74, 6) is 1.08. The Kier molecular flexibility index (Phi) is 5.91. The Morgan fingerprint density at radius 2 is 1.94 bits per heavy atom. The summed E-state index contributed by atoms with van der Waals surface area (Å²) >= 11 is 1.82. The molecule has 0 heterocycles. The molecule has 0 aromatic heterocycles. The SMILES string of the molecule is CCSc1ccc(CNC(=O)NC(C)C)cc1. The first-order valence-electron chi connectivity index (χ1n) is 5.88. The van der Waals surface area contributed by atoms with Gasteiger partial charge in [0.2, 0.25) is 0 Å². The Bertz CT molecular complexity index is 349. The Balaban J connectivity index is 2.39. The minimum absolute atomic E-state index is 0.119. The average Bonchev–Trinajstić information content (AvgIpc) is 2.28. The molecule has 0 fully saturated rings. The number of nitrogens with one attached hydrogen (secondary N) is 2. The Morgan fingerprint density at radius 1 is 1.29 bits per heavy atom. The third-order valence-electron chi connectivity index (χ3n) is 2.11. The second kappa shape index (κ2) is 7.22. The number of amides is 2. The van der Waals surface area contributed by atoms with Crippen molar-refractivity contribution >= 4 is 17.8 Å². The van der Waals surface area contributed by atoms with E-state index in [0.29, 0.717) is 6.54 Å². The molecule has 0 radical (unpaired) electrons. The molecule has 0 saturated carbocycles. The van der Waals surface area contributed by atoms with Crippen LogP contribution in [0.2, 0.25) is 0 Å². The number of hydrogen-bond donors (Lipinski definition) is 2. The van der Waals surface area contributed by atoms with E-state index >= 15 is 0 Å². The number of urea groups is 1. The number of benzene rings is 1. The monoisotopic (exact) mass is 252 g/mol. The molecule has 0 saturated heterocycles. The molecular formula is C13H20N2OS. The van der Waals surface area contributed by atoms with Crippen molar-refractivity contribution < 1.29 is 4.79 Å². The van der Waals surface area contributed by atoms with Crippen LogP contribution in [0.5, 0.6) is 0 Å². The maximum absolute atomic E-state index is 11.4. The lowest BCUT2D eigenvalue weighted by atomic mass is 10.2. The molecule has 17 heavy (non-hydrogen) atoms. The molecule has 0 aliphatic heterocycles. The third kappa shape index (κ3) is 5.63. The number of rotatable bonds is 5. The van der Waals surface area contributed by atoms with Crippen LogP contribution >= 0.6 is 11.8 Å². The highest BCUT2D eigenvalue weighted by Gasteiger charge is 2.01. The summed E-state index contributed by atoms with van der Waals surface area (Å²) in [6.07, 6.45) is 0. The molecule has 0 aliphatic rings. The predicted molar refractivity (Wildman–Crippen MR) is 73.3 cm³/mol. The fourth-order valence-electron chi connectivity index (χ4n) is 1.37. The lowest BCUT2D eigenvalue weighted by molar-refractivity contribution is 0.238. The first kappa shape index (κ1) is 13.9. The summed E-state index contributed by atoms with van der Waals surface area (Å²) in [4.78, 5) is 12.6. The number of hydrogen-bond acceptors (Lipinski definition) is 2. The van der Waals surface area contributed by atoms with Crippen LogP contribution in [0.4, 0.5) is 4.79 Å². The van der Waals surface area contributed by atoms with Crippen molar-refractivity contribution in [3.63, 3.8) is 0 Å². The highest BCUT2D eigenvalue weighted by Crippen LogP contribution is 2.17. The summed E-state index contributed by atoms with van der Waals surface area (Å²) in [5.41, 5.74) is 1.12. The van der Waals surface area contributed by atoms with E-state index < -0.39 is 0 Å². The van der Waals surface area contributed by atoms with E-state index in [1.54, 1.807) is 0 Å². The van der Waals surface area contributed by atoms with Crippen molar-refractivity contribution in [1.82, 2.24) is 10.6 Å². The van der Waals surface area contributed by atoms with Crippen molar-refractivity contribution in [1.29, 1.82) is 0 Å². The Labute approximate surface area is 107 Å². The van der Waals surface area contributed by atoms with Crippen LogP contribution in [0.15, 0.2) is 29.2 Å². The summed E-state index contributed by atoms with van der Waals surface area (Å²) in [5, 5.41) is 5.62. The number of carbonyl (C=O) groups excluding carboxylic acids is 1. The lowest BCUT2D eigenvalue weighted by Crippen LogP contribution is -2.38. The Morgan fingerprint density at radius 3 is 2.47 bits per heavy atom. The van der Waals surface area contributed by atoms with E-state index in [-0.39, 0.29) is 12.1 Å². The topological polar surface area (TPSA) is 41.1 Å². The van der Waals surface area contributed by atoms with Crippen LogP contribution in [0, 0.1) is 0 Å². The normalized spacial score (nSPS) is 10.4. The van der Waals surface area contributed by atoms with E-state index in [2.05, 4.69) is 29.7 Å². The molecular weight excluding hydrogens is 232 g/mol. The van der Waals surface area contributed by atoms with Crippen LogP contribution in [0.25, 0.3) is 0 Å². The van der Waals surface area contributed by atoms with Crippen molar-refractivity contribution in [3.8, 4) is 0 Å². The van der Waals surface area contributed by atoms with E-state index in [1.807, 2.05) is 37.7 Å². The average molecular weight is 252 g/mol. The van der Waals surface area contributed by atoms with Crippen LogP contribution in [0.1, 0.15) is 26.3 Å². The van der Waals surface area contributed by atoms with Gasteiger partial charge >= 0.3 is 6.03 Å². The van der Waals surface area contributed by atoms with Gasteiger partial charge in [-0.2, -0.15) is 0 Å². The highest BCUT2D eigenvalue weighted by molar-refractivity contribution is 7.99. The first-order chi connectivity index (χ1) is 8.11. The maximum Gasteiger partial charge on any atom is 0.315 e. The van der Waals surface area contributed by atoms with Crippen LogP contribution < -0.4 is 10.6 Å². The van der Waals surface area contributed by atoms with Gasteiger partial charge in [-0.25, -0.2) is 4.79 Å². The van der Waals surface area contributed by atoms with Crippen LogP contribution in [-0.4, -0.2) is 17.8 Å². The summed E-state index contributed by atoms with van der Waals surface area (Å²) in [6.45, 7) is 6.58. The standard InChI is InChI=1S/C13H20N2OS/c1-4-17-12-7-5-11(6-8-12)9-14-13(16)15-10(2)3/h5-8,10H,4,9H2,1-3H3,(H2,14,15,16). The van der Waals surface area contributed by atoms with Crippen LogP contribution in [0.3, 0.4) is 0 Å². The minimum atomic E-state index is -0.119. The van der Waals surface area contributed by atoms with Crippen LogP contribution in [-0.2, 0) is 6.54 Å². The summed E-state index contributed by atoms with van der Waals surface area (Å²) < 4.78 is 0. The molecule has 0 atom stereocenters. The van der Waals surface area contributed by atoms with Gasteiger partial charge in [0.25, 0.3) is 0 Å². The molecule has 2 N–H and O–H groups in total. The zero-order chi connectivity index (χ0) is 12.7. The number of carbonyl (C=O) groups is 1. The number of thioether (sulfide) groups is 1. The quantitative estimate of drug-likeness (QED) is 0.791. The first-order valence-corrected chi connectivity index (χ1v) is 6.86. The van der Waals surface area contributed by atoms with E-state index in [1.165, 1.54) is 4.90 Å². The van der Waals surface area contributed by atoms with E-state index in [4.69, 9.17) is 0 Å². The molecule has 3 nitrogen and oxygen atoms in total. The molecule has 1 aromatic carbocycles. The van der Waals surface area contributed by atoms with Crippen molar-refractivity contribution in [3.05, 3.63) is 29.8 Å². The maximum atomic E-state index is 11.4. The lowest BCUT2D eigenvalue weighted by Gasteiger charge is -2.10. The molecule has 0 aliphatic carbocycles. The fraction of sp³-hybridized carbons (Fsp3) is 0.462. The van der Waals surface area contributed by atoms with Gasteiger partial charge in [-0.05, 0) is 37.3 Å². The summed E-state index contributed by atoms with van der Waals surface area (Å²) in [6, 6.07) is 8.32. The molecule has 0 unspecified atom stereocenters. The summed E-state index contributed by atoms with van der Waals surface area (Å²) in [7, 11) is 0. The van der Waals surface area contributed by atoms with Gasteiger partial charge in [0.15, 0.2) is 0 Å². The molecule has 0 bridgehead atoms. The zero-order valence-corrected chi connectivity index (χ0v) is 11.4. The third-order valence-corrected chi connectivity index (χ3v) is 3.00. The second-order valence-electron chi connectivity index (χ2n) is 4.06. The van der Waals surface area contributed by atoms with Gasteiger partial charge < -0.3 is 10.6 Å². The molecule has 1 aromatic rings. The van der Waals surface area contributed by atoms with Gasteiger partial charge in [-0.15, -0.1) is 11.8 Å². The predicted octanol–water partition coefficient (Wildman–Crippen LogP) is 3.01. The van der Waals surface area contributed by atoms with Gasteiger partial charge in [-0.3, -0.25) is 0 Å². The van der Waals surface area contributed by atoms with Crippen molar-refractivity contribution in [2.45, 2.75) is 38.3 Å². The van der Waals surface area contributed by atoms with E-state index in [9.17, 15) is 4.79 Å². The molecule has 2 amide bonds. The van der Waals surface area contributed by atoms with E-state index in [0.717, 1.165) is 11.3 Å². The van der Waals surface area contributed by atoms with Gasteiger partial charge in [0.05, 0.1) is 0 Å². The molecule has 0 spiro atoms. The van der Waals surface area contributed by atoms with Gasteiger partial charge in [0.1, 0.15) is 0 Å². The molecule has 94 valence electrons.